The van der Waals surface area contributed by atoms with Crippen molar-refractivity contribution in [1.82, 2.24) is 0 Å². The van der Waals surface area contributed by atoms with Crippen molar-refractivity contribution in [3.8, 4) is 0 Å². The van der Waals surface area contributed by atoms with Gasteiger partial charge in [0.25, 0.3) is 0 Å². The van der Waals surface area contributed by atoms with Gasteiger partial charge in [0.2, 0.25) is 5.60 Å². The quantitative estimate of drug-likeness (QED) is 0.407. The molecule has 0 spiro atoms. The van der Waals surface area contributed by atoms with Crippen LogP contribution in [0.15, 0.2) is 34.4 Å². The van der Waals surface area contributed by atoms with Crippen LogP contribution in [-0.2, 0) is 33.4 Å². The standard InChI is InChI=1S/C22H26O7/c1-7-10(2)20(25)27-15-9-12(4)16-14(24)8-11(3)17(16)19-18(15)22(6,21(26)28-19)29-13(5)23/h7-8,15,17-19H,9H2,1-6H3/b10-7-/t15-,17-,18+,19+,22+/m0/s1. The Labute approximate surface area is 169 Å². The summed E-state index contributed by atoms with van der Waals surface area (Å²) >= 11 is 0. The van der Waals surface area contributed by atoms with Crippen LogP contribution in [0.2, 0.25) is 0 Å². The third-order valence-electron chi connectivity index (χ3n) is 6.13. The second-order valence-corrected chi connectivity index (χ2v) is 8.14. The molecule has 0 bridgehead atoms. The Morgan fingerprint density at radius 2 is 1.90 bits per heavy atom. The molecule has 1 fully saturated rings. The van der Waals surface area contributed by atoms with Crippen molar-refractivity contribution in [2.75, 3.05) is 0 Å². The number of ether oxygens (including phenoxy) is 3. The molecule has 0 aromatic rings. The molecule has 3 aliphatic rings. The van der Waals surface area contributed by atoms with E-state index in [9.17, 15) is 19.2 Å². The molecule has 0 unspecified atom stereocenters. The molecule has 1 aliphatic heterocycles. The molecule has 2 aliphatic carbocycles. The van der Waals surface area contributed by atoms with E-state index in [1.165, 1.54) is 13.8 Å². The number of carbonyl (C=O) groups is 4. The number of allylic oxidation sites excluding steroid dienone is 2. The molecule has 1 heterocycles. The number of carbonyl (C=O) groups excluding carboxylic acids is 4. The SMILES string of the molecule is C/C=C(/C)C(=O)O[C@H]1CC(C)=C2C(=O)C=C(C)[C@@H]2[C@H]2OC(=O)[C@](C)(OC(C)=O)[C@@H]21. The number of rotatable bonds is 3. The normalized spacial score (nSPS) is 34.1. The second-order valence-electron chi connectivity index (χ2n) is 8.14. The summed E-state index contributed by atoms with van der Waals surface area (Å²) in [6.45, 7) is 9.69. The molecule has 29 heavy (non-hydrogen) atoms. The lowest BCUT2D eigenvalue weighted by molar-refractivity contribution is -0.176. The summed E-state index contributed by atoms with van der Waals surface area (Å²) in [7, 11) is 0. The highest BCUT2D eigenvalue weighted by Gasteiger charge is 2.65. The molecule has 1 saturated heterocycles. The van der Waals surface area contributed by atoms with Crippen molar-refractivity contribution in [2.45, 2.75) is 65.8 Å². The van der Waals surface area contributed by atoms with Gasteiger partial charge in [-0.1, -0.05) is 17.2 Å². The third-order valence-corrected chi connectivity index (χ3v) is 6.13. The highest BCUT2D eigenvalue weighted by Crippen LogP contribution is 2.51. The monoisotopic (exact) mass is 402 g/mol. The molecule has 156 valence electrons. The molecule has 3 rings (SSSR count). The predicted molar refractivity (Wildman–Crippen MR) is 102 cm³/mol. The van der Waals surface area contributed by atoms with Gasteiger partial charge in [-0.05, 0) is 40.7 Å². The summed E-state index contributed by atoms with van der Waals surface area (Å²) in [6.07, 6.45) is 1.86. The average Bonchev–Trinajstić information content (AvgIpc) is 3.00. The van der Waals surface area contributed by atoms with Crippen LogP contribution in [-0.4, -0.2) is 41.5 Å². The van der Waals surface area contributed by atoms with Gasteiger partial charge in [0.15, 0.2) is 5.78 Å². The van der Waals surface area contributed by atoms with Crippen LogP contribution in [0.4, 0.5) is 0 Å². The maximum Gasteiger partial charge on any atom is 0.351 e. The Morgan fingerprint density at radius 1 is 1.24 bits per heavy atom. The Hall–Kier alpha value is -2.70. The van der Waals surface area contributed by atoms with E-state index in [-0.39, 0.29) is 12.2 Å². The van der Waals surface area contributed by atoms with Crippen molar-refractivity contribution in [3.63, 3.8) is 0 Å². The van der Waals surface area contributed by atoms with Crippen LogP contribution in [0.1, 0.15) is 48.0 Å². The zero-order valence-corrected chi connectivity index (χ0v) is 17.5. The maximum absolute atomic E-state index is 12.8. The second kappa shape index (κ2) is 7.28. The van der Waals surface area contributed by atoms with Gasteiger partial charge in [-0.2, -0.15) is 0 Å². The first-order valence-electron chi connectivity index (χ1n) is 9.68. The van der Waals surface area contributed by atoms with Crippen molar-refractivity contribution >= 4 is 23.7 Å². The van der Waals surface area contributed by atoms with Gasteiger partial charge < -0.3 is 14.2 Å². The molecule has 0 N–H and O–H groups in total. The van der Waals surface area contributed by atoms with Gasteiger partial charge in [0.1, 0.15) is 12.2 Å². The molecule has 5 atom stereocenters. The minimum Gasteiger partial charge on any atom is -0.458 e. The van der Waals surface area contributed by atoms with E-state index in [0.717, 1.165) is 11.1 Å². The van der Waals surface area contributed by atoms with Crippen molar-refractivity contribution in [2.24, 2.45) is 11.8 Å². The molecule has 0 saturated carbocycles. The zero-order chi connectivity index (χ0) is 21.7. The third kappa shape index (κ3) is 3.32. The van der Waals surface area contributed by atoms with Gasteiger partial charge in [-0.15, -0.1) is 0 Å². The van der Waals surface area contributed by atoms with Gasteiger partial charge in [-0.25, -0.2) is 9.59 Å². The smallest absolute Gasteiger partial charge is 0.351 e. The Kier molecular flexibility index (Phi) is 5.28. The molecule has 0 aromatic heterocycles. The fraction of sp³-hybridized carbons (Fsp3) is 0.545. The lowest BCUT2D eigenvalue weighted by atomic mass is 9.77. The van der Waals surface area contributed by atoms with Crippen LogP contribution in [0.3, 0.4) is 0 Å². The lowest BCUT2D eigenvalue weighted by Gasteiger charge is -2.34. The minimum absolute atomic E-state index is 0.127. The van der Waals surface area contributed by atoms with Crippen LogP contribution in [0.5, 0.6) is 0 Å². The highest BCUT2D eigenvalue weighted by atomic mass is 16.6. The first kappa shape index (κ1) is 21.0. The summed E-state index contributed by atoms with van der Waals surface area (Å²) < 4.78 is 16.9. The molecular formula is C22H26O7. The van der Waals surface area contributed by atoms with Crippen LogP contribution in [0.25, 0.3) is 0 Å². The minimum atomic E-state index is -1.62. The van der Waals surface area contributed by atoms with E-state index < -0.39 is 47.6 Å². The largest absolute Gasteiger partial charge is 0.458 e. The number of fused-ring (bicyclic) bond motifs is 3. The van der Waals surface area contributed by atoms with Crippen molar-refractivity contribution in [3.05, 3.63) is 34.4 Å². The lowest BCUT2D eigenvalue weighted by Crippen LogP contribution is -2.50. The molecule has 0 aromatic carbocycles. The molecule has 7 heteroatoms. The van der Waals surface area contributed by atoms with E-state index in [2.05, 4.69) is 0 Å². The number of ketones is 1. The van der Waals surface area contributed by atoms with E-state index in [1.54, 1.807) is 26.0 Å². The Morgan fingerprint density at radius 3 is 2.48 bits per heavy atom. The van der Waals surface area contributed by atoms with Gasteiger partial charge in [0.05, 0.1) is 5.92 Å². The molecule has 0 amide bonds. The highest BCUT2D eigenvalue weighted by molar-refractivity contribution is 6.09. The topological polar surface area (TPSA) is 96.0 Å². The van der Waals surface area contributed by atoms with E-state index in [1.807, 2.05) is 13.8 Å². The number of hydrogen-bond acceptors (Lipinski definition) is 7. The van der Waals surface area contributed by atoms with Crippen LogP contribution >= 0.6 is 0 Å². The van der Waals surface area contributed by atoms with E-state index in [0.29, 0.717) is 11.1 Å². The fourth-order valence-electron chi connectivity index (χ4n) is 4.67. The fourth-order valence-corrected chi connectivity index (χ4v) is 4.67. The van der Waals surface area contributed by atoms with E-state index >= 15 is 0 Å². The Bertz CT molecular complexity index is 891. The van der Waals surface area contributed by atoms with Crippen molar-refractivity contribution < 1.29 is 33.4 Å². The average molecular weight is 402 g/mol. The van der Waals surface area contributed by atoms with Gasteiger partial charge >= 0.3 is 17.9 Å². The first-order chi connectivity index (χ1) is 13.5. The zero-order valence-electron chi connectivity index (χ0n) is 17.5. The summed E-state index contributed by atoms with van der Waals surface area (Å²) in [6, 6.07) is 0. The molecular weight excluding hydrogens is 376 g/mol. The maximum atomic E-state index is 12.8. The predicted octanol–water partition coefficient (Wildman–Crippen LogP) is 2.59. The summed E-state index contributed by atoms with van der Waals surface area (Å²) in [5, 5.41) is 0. The van der Waals surface area contributed by atoms with Gasteiger partial charge in [-0.3, -0.25) is 9.59 Å². The van der Waals surface area contributed by atoms with Crippen molar-refractivity contribution in [1.29, 1.82) is 0 Å². The van der Waals surface area contributed by atoms with Gasteiger partial charge in [0, 0.05) is 30.4 Å². The van der Waals surface area contributed by atoms with Crippen LogP contribution < -0.4 is 0 Å². The Balaban J connectivity index is 2.13. The van der Waals surface area contributed by atoms with E-state index in [4.69, 9.17) is 14.2 Å². The van der Waals surface area contributed by atoms with Crippen LogP contribution in [0, 0.1) is 11.8 Å². The first-order valence-corrected chi connectivity index (χ1v) is 9.68. The summed E-state index contributed by atoms with van der Waals surface area (Å²) in [4.78, 5) is 49.7. The number of hydrogen-bond donors (Lipinski definition) is 0. The molecule has 7 nitrogen and oxygen atoms in total. The molecule has 0 radical (unpaired) electrons. The summed E-state index contributed by atoms with van der Waals surface area (Å²) in [5.41, 5.74) is 0.921. The number of esters is 3. The summed E-state index contributed by atoms with van der Waals surface area (Å²) in [5.74, 6) is -3.18.